The van der Waals surface area contributed by atoms with Gasteiger partial charge >= 0.3 is 0 Å². The number of nitrogens with one attached hydrogen (secondary N) is 1. The Labute approximate surface area is 137 Å². The molecule has 3 aliphatic rings. The van der Waals surface area contributed by atoms with Gasteiger partial charge in [-0.2, -0.15) is 0 Å². The summed E-state index contributed by atoms with van der Waals surface area (Å²) < 4.78 is 75.6. The molecule has 2 heterocycles. The first-order valence-corrected chi connectivity index (χ1v) is 10.00. The highest BCUT2D eigenvalue weighted by Crippen LogP contribution is 2.47. The van der Waals surface area contributed by atoms with Crippen LogP contribution in [0.3, 0.4) is 0 Å². The van der Waals surface area contributed by atoms with Crippen molar-refractivity contribution in [3.05, 3.63) is 23.9 Å². The lowest BCUT2D eigenvalue weighted by atomic mass is 10.2. The first-order valence-electron chi connectivity index (χ1n) is 6.90. The first kappa shape index (κ1) is 17.0. The fourth-order valence-corrected chi connectivity index (χ4v) is 4.75. The van der Waals surface area contributed by atoms with Crippen molar-refractivity contribution >= 4 is 31.8 Å². The van der Waals surface area contributed by atoms with Crippen molar-refractivity contribution in [1.82, 2.24) is 9.62 Å². The van der Waals surface area contributed by atoms with Gasteiger partial charge in [0.25, 0.3) is 22.4 Å². The molecule has 0 aromatic carbocycles. The highest BCUT2D eigenvalue weighted by atomic mass is 32.2. The Bertz CT molecular complexity index is 886. The number of carbonyl (C=O) groups is 1. The van der Waals surface area contributed by atoms with Crippen LogP contribution in [0, 0.1) is 0 Å². The summed E-state index contributed by atoms with van der Waals surface area (Å²) in [5, 5.41) is 0. The quantitative estimate of drug-likeness (QED) is 0.717. The van der Waals surface area contributed by atoms with E-state index in [0.29, 0.717) is 0 Å². The molecule has 0 spiro atoms. The Morgan fingerprint density at radius 3 is 2.58 bits per heavy atom. The van der Waals surface area contributed by atoms with E-state index in [2.05, 4.69) is 4.40 Å². The van der Waals surface area contributed by atoms with Crippen molar-refractivity contribution in [1.29, 1.82) is 0 Å². The summed E-state index contributed by atoms with van der Waals surface area (Å²) in [5.41, 5.74) is -0.0955. The maximum Gasteiger partial charge on any atom is 0.266 e. The average Bonchev–Trinajstić information content (AvgIpc) is 3.27. The van der Waals surface area contributed by atoms with Gasteiger partial charge in [0.05, 0.1) is 11.3 Å². The number of alkyl halides is 2. The molecule has 12 heteroatoms. The molecule has 0 aromatic rings. The van der Waals surface area contributed by atoms with Gasteiger partial charge < -0.3 is 4.90 Å². The number of amidine groups is 1. The van der Waals surface area contributed by atoms with Crippen molar-refractivity contribution in [3.8, 4) is 0 Å². The molecule has 0 unspecified atom stereocenters. The van der Waals surface area contributed by atoms with Crippen LogP contribution >= 0.6 is 0 Å². The Morgan fingerprint density at radius 2 is 2.00 bits per heavy atom. The van der Waals surface area contributed by atoms with Gasteiger partial charge in [0.2, 0.25) is 10.0 Å². The number of amides is 1. The number of rotatable bonds is 4. The van der Waals surface area contributed by atoms with E-state index < -0.39 is 37.1 Å². The number of nitrogens with zero attached hydrogens (tertiary/aromatic N) is 2. The molecule has 8 nitrogen and oxygen atoms in total. The van der Waals surface area contributed by atoms with Gasteiger partial charge in [0.1, 0.15) is 5.84 Å². The molecule has 1 fully saturated rings. The van der Waals surface area contributed by atoms with E-state index in [1.807, 2.05) is 0 Å². The summed E-state index contributed by atoms with van der Waals surface area (Å²) in [6, 6.07) is 0. The fraction of sp³-hybridized carbons (Fsp3) is 0.500. The van der Waals surface area contributed by atoms with Crippen LogP contribution < -0.4 is 4.72 Å². The molecule has 0 saturated heterocycles. The second-order valence-corrected chi connectivity index (χ2v) is 9.43. The van der Waals surface area contributed by atoms with Crippen LogP contribution in [-0.2, 0) is 24.8 Å². The number of hydrogen-bond acceptors (Lipinski definition) is 6. The molecule has 2 aliphatic heterocycles. The zero-order chi connectivity index (χ0) is 17.8. The minimum absolute atomic E-state index is 0.0516. The lowest BCUT2D eigenvalue weighted by Crippen LogP contribution is -2.45. The SMILES string of the molecule is O=C(NS(=O)(=O)C1(C(F)F)CC1)C1=CN2CCS(=O)(=O)N=C2C=C1. The third kappa shape index (κ3) is 2.83. The van der Waals surface area contributed by atoms with Crippen molar-refractivity contribution in [2.75, 3.05) is 12.3 Å². The summed E-state index contributed by atoms with van der Waals surface area (Å²) in [5.74, 6) is -1.19. The predicted octanol–water partition coefficient (Wildman–Crippen LogP) is -0.272. The molecule has 0 atom stereocenters. The molecule has 24 heavy (non-hydrogen) atoms. The summed E-state index contributed by atoms with van der Waals surface area (Å²) in [6.07, 6.45) is 0.178. The minimum Gasteiger partial charge on any atom is -0.330 e. The Hall–Kier alpha value is -1.82. The predicted molar refractivity (Wildman–Crippen MR) is 80.2 cm³/mol. The van der Waals surface area contributed by atoms with Gasteiger partial charge in [0.15, 0.2) is 4.75 Å². The molecule has 1 aliphatic carbocycles. The largest absolute Gasteiger partial charge is 0.330 e. The van der Waals surface area contributed by atoms with Crippen molar-refractivity contribution in [2.45, 2.75) is 24.0 Å². The van der Waals surface area contributed by atoms with E-state index in [9.17, 15) is 30.4 Å². The van der Waals surface area contributed by atoms with Gasteiger partial charge in [0, 0.05) is 12.7 Å². The molecule has 132 valence electrons. The molecular weight excluding hydrogens is 368 g/mol. The molecular formula is C12H13F2N3O5S2. The lowest BCUT2D eigenvalue weighted by Gasteiger charge is -2.27. The third-order valence-electron chi connectivity index (χ3n) is 3.99. The zero-order valence-electron chi connectivity index (χ0n) is 12.1. The van der Waals surface area contributed by atoms with E-state index in [1.54, 1.807) is 4.72 Å². The minimum atomic E-state index is -4.51. The van der Waals surface area contributed by atoms with E-state index in [4.69, 9.17) is 0 Å². The zero-order valence-corrected chi connectivity index (χ0v) is 13.8. The lowest BCUT2D eigenvalue weighted by molar-refractivity contribution is -0.115. The van der Waals surface area contributed by atoms with Crippen LogP contribution in [0.2, 0.25) is 0 Å². The van der Waals surface area contributed by atoms with Crippen LogP contribution in [0.25, 0.3) is 0 Å². The average molecular weight is 381 g/mol. The van der Waals surface area contributed by atoms with E-state index in [1.165, 1.54) is 23.3 Å². The standard InChI is InChI=1S/C12H13F2N3O5S2/c13-11(14)12(3-4-12)24(21,22)16-10(18)8-1-2-9-15-23(19,20)6-5-17(9)7-8/h1-2,7,11H,3-6H2,(H,16,18). The topological polar surface area (TPSA) is 113 Å². The van der Waals surface area contributed by atoms with E-state index >= 15 is 0 Å². The van der Waals surface area contributed by atoms with Gasteiger partial charge in [-0.15, -0.1) is 4.40 Å². The number of sulfonamides is 2. The Kier molecular flexibility index (Phi) is 3.79. The fourth-order valence-electron chi connectivity index (χ4n) is 2.35. The second-order valence-electron chi connectivity index (χ2n) is 5.65. The normalized spacial score (nSPS) is 24.0. The van der Waals surface area contributed by atoms with Crippen LogP contribution in [0.15, 0.2) is 28.3 Å². The number of carbonyl (C=O) groups excluding carboxylic acids is 1. The van der Waals surface area contributed by atoms with Gasteiger partial charge in [-0.05, 0) is 25.0 Å². The number of hydrogen-bond donors (Lipinski definition) is 1. The van der Waals surface area contributed by atoms with E-state index in [-0.39, 0.29) is 36.5 Å². The van der Waals surface area contributed by atoms with Crippen LogP contribution in [-0.4, -0.2) is 56.9 Å². The Balaban J connectivity index is 1.79. The van der Waals surface area contributed by atoms with Crippen molar-refractivity contribution in [3.63, 3.8) is 0 Å². The summed E-state index contributed by atoms with van der Waals surface area (Å²) in [7, 11) is -8.07. The molecule has 1 amide bonds. The van der Waals surface area contributed by atoms with Crippen molar-refractivity contribution < 1.29 is 30.4 Å². The number of halogens is 2. The summed E-state index contributed by atoms with van der Waals surface area (Å²) in [6.45, 7) is 0.0516. The van der Waals surface area contributed by atoms with Crippen LogP contribution in [0.1, 0.15) is 12.8 Å². The first-order chi connectivity index (χ1) is 11.1. The van der Waals surface area contributed by atoms with Gasteiger partial charge in [-0.1, -0.05) is 0 Å². The molecule has 0 bridgehead atoms. The highest BCUT2D eigenvalue weighted by molar-refractivity contribution is 7.91. The van der Waals surface area contributed by atoms with Gasteiger partial charge in [-0.3, -0.25) is 4.79 Å². The Morgan fingerprint density at radius 1 is 1.33 bits per heavy atom. The molecule has 0 aromatic heterocycles. The maximum absolute atomic E-state index is 12.9. The molecule has 3 rings (SSSR count). The van der Waals surface area contributed by atoms with Crippen molar-refractivity contribution in [2.24, 2.45) is 4.40 Å². The maximum atomic E-state index is 12.9. The van der Waals surface area contributed by atoms with Crippen LogP contribution in [0.5, 0.6) is 0 Å². The third-order valence-corrected chi connectivity index (χ3v) is 7.26. The van der Waals surface area contributed by atoms with Gasteiger partial charge in [-0.25, -0.2) is 30.3 Å². The molecule has 0 radical (unpaired) electrons. The van der Waals surface area contributed by atoms with Crippen LogP contribution in [0.4, 0.5) is 8.78 Å². The summed E-state index contributed by atoms with van der Waals surface area (Å²) in [4.78, 5) is 13.5. The van der Waals surface area contributed by atoms with E-state index in [0.717, 1.165) is 0 Å². The number of fused-ring (bicyclic) bond motifs is 1. The highest BCUT2D eigenvalue weighted by Gasteiger charge is 2.62. The summed E-state index contributed by atoms with van der Waals surface area (Å²) >= 11 is 0. The molecule has 1 N–H and O–H groups in total. The molecule has 1 saturated carbocycles. The monoisotopic (exact) mass is 381 g/mol. The smallest absolute Gasteiger partial charge is 0.266 e. The second kappa shape index (κ2) is 5.34.